The lowest BCUT2D eigenvalue weighted by Crippen LogP contribution is -2.11. The van der Waals surface area contributed by atoms with Gasteiger partial charge in [-0.25, -0.2) is 0 Å². The molecule has 1 unspecified atom stereocenters. The van der Waals surface area contributed by atoms with Crippen molar-refractivity contribution in [3.63, 3.8) is 0 Å². The number of aliphatic hydroxyl groups is 2. The minimum atomic E-state index is -0.303. The predicted molar refractivity (Wildman–Crippen MR) is 67.6 cm³/mol. The van der Waals surface area contributed by atoms with E-state index in [2.05, 4.69) is 0 Å². The van der Waals surface area contributed by atoms with Gasteiger partial charge in [-0.2, -0.15) is 0 Å². The smallest absolute Gasteiger partial charge is 0.166 e. The first kappa shape index (κ1) is 13.0. The monoisotopic (exact) mass is 232 g/mol. The van der Waals surface area contributed by atoms with E-state index in [9.17, 15) is 9.90 Å². The fraction of sp³-hybridized carbons (Fsp3) is 0.214. The second-order valence-electron chi connectivity index (χ2n) is 3.69. The van der Waals surface area contributed by atoms with Crippen molar-refractivity contribution in [2.75, 3.05) is 0 Å². The Morgan fingerprint density at radius 3 is 2.82 bits per heavy atom. The molecule has 3 nitrogen and oxygen atoms in total. The Bertz CT molecular complexity index is 423. The summed E-state index contributed by atoms with van der Waals surface area (Å²) in [6, 6.07) is 0. The van der Waals surface area contributed by atoms with Crippen LogP contribution in [0.3, 0.4) is 0 Å². The predicted octanol–water partition coefficient (Wildman–Crippen LogP) is 3.15. The van der Waals surface area contributed by atoms with E-state index in [4.69, 9.17) is 5.11 Å². The SMILES string of the molecule is C\C=C/C=C\C(O)=C\C(=O)C1C=CC(O)=CC1. The molecule has 0 aromatic carbocycles. The first-order chi connectivity index (χ1) is 8.13. The average Bonchev–Trinajstić information content (AvgIpc) is 2.30. The molecule has 0 heterocycles. The summed E-state index contributed by atoms with van der Waals surface area (Å²) in [5.41, 5.74) is 0. The van der Waals surface area contributed by atoms with Crippen molar-refractivity contribution in [3.8, 4) is 0 Å². The zero-order chi connectivity index (χ0) is 12.7. The topological polar surface area (TPSA) is 57.5 Å². The summed E-state index contributed by atoms with van der Waals surface area (Å²) in [4.78, 5) is 11.7. The maximum absolute atomic E-state index is 11.7. The average molecular weight is 232 g/mol. The molecular weight excluding hydrogens is 216 g/mol. The van der Waals surface area contributed by atoms with Gasteiger partial charge in [0.05, 0.1) is 0 Å². The molecule has 0 aromatic rings. The maximum Gasteiger partial charge on any atom is 0.166 e. The Morgan fingerprint density at radius 2 is 2.24 bits per heavy atom. The number of carbonyl (C=O) groups excluding carboxylic acids is 1. The minimum Gasteiger partial charge on any atom is -0.508 e. The molecule has 0 spiro atoms. The first-order valence-electron chi connectivity index (χ1n) is 5.44. The van der Waals surface area contributed by atoms with Crippen LogP contribution in [0.25, 0.3) is 0 Å². The number of aliphatic hydroxyl groups excluding tert-OH is 2. The highest BCUT2D eigenvalue weighted by molar-refractivity contribution is 5.94. The van der Waals surface area contributed by atoms with E-state index in [0.717, 1.165) is 0 Å². The van der Waals surface area contributed by atoms with E-state index < -0.39 is 0 Å². The molecule has 0 radical (unpaired) electrons. The number of hydrogen-bond donors (Lipinski definition) is 2. The van der Waals surface area contributed by atoms with Gasteiger partial charge in [0.25, 0.3) is 0 Å². The van der Waals surface area contributed by atoms with Crippen molar-refractivity contribution in [2.45, 2.75) is 13.3 Å². The number of carbonyl (C=O) groups is 1. The summed E-state index contributed by atoms with van der Waals surface area (Å²) < 4.78 is 0. The fourth-order valence-electron chi connectivity index (χ4n) is 1.39. The molecule has 0 saturated heterocycles. The van der Waals surface area contributed by atoms with Crippen molar-refractivity contribution in [2.24, 2.45) is 5.92 Å². The summed E-state index contributed by atoms with van der Waals surface area (Å²) >= 11 is 0. The van der Waals surface area contributed by atoms with Crippen molar-refractivity contribution in [1.29, 1.82) is 0 Å². The zero-order valence-electron chi connectivity index (χ0n) is 9.71. The van der Waals surface area contributed by atoms with E-state index >= 15 is 0 Å². The molecule has 1 atom stereocenters. The van der Waals surface area contributed by atoms with Crippen molar-refractivity contribution in [1.82, 2.24) is 0 Å². The first-order valence-corrected chi connectivity index (χ1v) is 5.44. The van der Waals surface area contributed by atoms with Crippen molar-refractivity contribution < 1.29 is 15.0 Å². The van der Waals surface area contributed by atoms with Gasteiger partial charge in [0, 0.05) is 12.0 Å². The van der Waals surface area contributed by atoms with Gasteiger partial charge in [0.2, 0.25) is 0 Å². The van der Waals surface area contributed by atoms with Gasteiger partial charge < -0.3 is 10.2 Å². The molecule has 1 aliphatic rings. The molecular formula is C14H16O3. The number of hydrogen-bond acceptors (Lipinski definition) is 3. The summed E-state index contributed by atoms with van der Waals surface area (Å²) in [5.74, 6) is -0.369. The van der Waals surface area contributed by atoms with E-state index in [-0.39, 0.29) is 23.2 Å². The lowest BCUT2D eigenvalue weighted by molar-refractivity contribution is -0.117. The van der Waals surface area contributed by atoms with Crippen LogP contribution in [-0.4, -0.2) is 16.0 Å². The summed E-state index contributed by atoms with van der Waals surface area (Å²) in [7, 11) is 0. The van der Waals surface area contributed by atoms with Crippen LogP contribution in [0.2, 0.25) is 0 Å². The van der Waals surface area contributed by atoms with Crippen LogP contribution in [0.4, 0.5) is 0 Å². The van der Waals surface area contributed by atoms with Gasteiger partial charge in [-0.3, -0.25) is 4.79 Å². The molecule has 0 aromatic heterocycles. The zero-order valence-corrected chi connectivity index (χ0v) is 9.71. The van der Waals surface area contributed by atoms with Gasteiger partial charge in [-0.1, -0.05) is 24.3 Å². The third-order valence-corrected chi connectivity index (χ3v) is 2.31. The van der Waals surface area contributed by atoms with Crippen LogP contribution in [0, 0.1) is 5.92 Å². The Labute approximate surface area is 101 Å². The summed E-state index contributed by atoms with van der Waals surface area (Å²) in [5, 5.41) is 18.6. The number of rotatable bonds is 4. The second kappa shape index (κ2) is 6.53. The van der Waals surface area contributed by atoms with E-state index in [1.54, 1.807) is 24.3 Å². The van der Waals surface area contributed by atoms with Gasteiger partial charge in [-0.05, 0) is 31.6 Å². The van der Waals surface area contributed by atoms with E-state index in [1.165, 1.54) is 18.2 Å². The Balaban J connectivity index is 2.60. The van der Waals surface area contributed by atoms with Gasteiger partial charge in [-0.15, -0.1) is 0 Å². The van der Waals surface area contributed by atoms with Gasteiger partial charge >= 0.3 is 0 Å². The molecule has 3 heteroatoms. The van der Waals surface area contributed by atoms with E-state index in [1.807, 2.05) is 13.0 Å². The highest BCUT2D eigenvalue weighted by atomic mass is 16.3. The molecule has 0 saturated carbocycles. The van der Waals surface area contributed by atoms with Crippen LogP contribution < -0.4 is 0 Å². The molecule has 2 N–H and O–H groups in total. The normalized spacial score (nSPS) is 21.1. The van der Waals surface area contributed by atoms with Crippen molar-refractivity contribution in [3.05, 3.63) is 60.1 Å². The largest absolute Gasteiger partial charge is 0.508 e. The Kier molecular flexibility index (Phi) is 5.01. The molecule has 1 aliphatic carbocycles. The molecule has 1 rings (SSSR count). The maximum atomic E-state index is 11.7. The second-order valence-corrected chi connectivity index (χ2v) is 3.69. The quantitative estimate of drug-likeness (QED) is 0.444. The summed E-state index contributed by atoms with van der Waals surface area (Å²) in [6.45, 7) is 1.86. The molecule has 17 heavy (non-hydrogen) atoms. The molecule has 0 aliphatic heterocycles. The lowest BCUT2D eigenvalue weighted by atomic mass is 9.95. The van der Waals surface area contributed by atoms with Gasteiger partial charge in [0.1, 0.15) is 11.5 Å². The van der Waals surface area contributed by atoms with Gasteiger partial charge in [0.15, 0.2) is 5.78 Å². The number of allylic oxidation sites excluding steroid dienone is 8. The molecule has 0 amide bonds. The van der Waals surface area contributed by atoms with Crippen molar-refractivity contribution >= 4 is 5.78 Å². The van der Waals surface area contributed by atoms with Crippen LogP contribution >= 0.6 is 0 Å². The highest BCUT2D eigenvalue weighted by Crippen LogP contribution is 2.16. The third-order valence-electron chi connectivity index (χ3n) is 2.31. The molecule has 0 fully saturated rings. The van der Waals surface area contributed by atoms with E-state index in [0.29, 0.717) is 6.42 Å². The Morgan fingerprint density at radius 1 is 1.47 bits per heavy atom. The third kappa shape index (κ3) is 4.55. The van der Waals surface area contributed by atoms with Crippen LogP contribution in [0.5, 0.6) is 0 Å². The minimum absolute atomic E-state index is 0.0692. The summed E-state index contributed by atoms with van der Waals surface area (Å²) in [6.07, 6.45) is 13.1. The van der Waals surface area contributed by atoms with Crippen LogP contribution in [0.1, 0.15) is 13.3 Å². The number of ketones is 1. The standard InChI is InChI=1S/C14H16O3/c1-2-3-4-5-13(16)10-14(17)11-6-8-12(15)9-7-11/h2-6,8-11,15-16H,7H2,1H3/b3-2-,5-4-,13-10-. The molecule has 90 valence electrons. The lowest BCUT2D eigenvalue weighted by Gasteiger charge is -2.10. The van der Waals surface area contributed by atoms with Crippen LogP contribution in [-0.2, 0) is 4.79 Å². The Hall–Kier alpha value is -2.03. The van der Waals surface area contributed by atoms with Crippen LogP contribution in [0.15, 0.2) is 60.1 Å². The highest BCUT2D eigenvalue weighted by Gasteiger charge is 2.15. The fourth-order valence-corrected chi connectivity index (χ4v) is 1.39. The molecule has 0 bridgehead atoms.